The van der Waals surface area contributed by atoms with E-state index in [0.717, 1.165) is 32.2 Å². The Hall–Kier alpha value is -1.32. The molecule has 2 aliphatic heterocycles. The maximum absolute atomic E-state index is 5.44. The zero-order valence-corrected chi connectivity index (χ0v) is 13.7. The van der Waals surface area contributed by atoms with Crippen molar-refractivity contribution in [2.45, 2.75) is 32.4 Å². The number of rotatable bonds is 3. The van der Waals surface area contributed by atoms with E-state index in [-0.39, 0.29) is 0 Å². The monoisotopic (exact) mass is 298 g/mol. The van der Waals surface area contributed by atoms with Gasteiger partial charge >= 0.3 is 0 Å². The van der Waals surface area contributed by atoms with Crippen molar-refractivity contribution in [3.63, 3.8) is 0 Å². The van der Waals surface area contributed by atoms with E-state index >= 15 is 0 Å². The molecule has 0 radical (unpaired) electrons. The second-order valence-corrected chi connectivity index (χ2v) is 7.07. The number of hydrogen-bond donors (Lipinski definition) is 0. The number of anilines is 1. The van der Waals surface area contributed by atoms with Crippen LogP contribution >= 0.6 is 0 Å². The summed E-state index contributed by atoms with van der Waals surface area (Å²) in [6.45, 7) is 9.60. The van der Waals surface area contributed by atoms with Gasteiger partial charge < -0.3 is 9.64 Å². The fourth-order valence-electron chi connectivity index (χ4n) is 4.23. The third kappa shape index (κ3) is 2.46. The van der Waals surface area contributed by atoms with Gasteiger partial charge in [-0.25, -0.2) is 0 Å². The average molecular weight is 298 g/mol. The van der Waals surface area contributed by atoms with Crippen molar-refractivity contribution >= 4 is 11.3 Å². The van der Waals surface area contributed by atoms with Crippen LogP contribution in [0, 0.1) is 5.92 Å². The fraction of sp³-hybridized carbons (Fsp3) is 0.579. The number of morpholine rings is 1. The van der Waals surface area contributed by atoms with Crippen LogP contribution in [0.25, 0.3) is 5.57 Å². The molecule has 1 aromatic carbocycles. The summed E-state index contributed by atoms with van der Waals surface area (Å²) in [7, 11) is 0. The first-order valence-electron chi connectivity index (χ1n) is 8.63. The Morgan fingerprint density at radius 3 is 2.45 bits per heavy atom. The molecule has 2 fully saturated rings. The molecule has 22 heavy (non-hydrogen) atoms. The molecule has 3 aliphatic rings. The van der Waals surface area contributed by atoms with Gasteiger partial charge in [-0.2, -0.15) is 0 Å². The molecule has 2 atom stereocenters. The average Bonchev–Trinajstić information content (AvgIpc) is 3.16. The van der Waals surface area contributed by atoms with Crippen LogP contribution in [0.4, 0.5) is 5.69 Å². The van der Waals surface area contributed by atoms with Crippen molar-refractivity contribution in [1.82, 2.24) is 4.90 Å². The van der Waals surface area contributed by atoms with Crippen molar-refractivity contribution in [1.29, 1.82) is 0 Å². The van der Waals surface area contributed by atoms with E-state index in [1.54, 1.807) is 5.57 Å². The molecule has 4 rings (SSSR count). The molecule has 2 saturated heterocycles. The zero-order chi connectivity index (χ0) is 15.1. The first kappa shape index (κ1) is 14.3. The molecule has 118 valence electrons. The van der Waals surface area contributed by atoms with Gasteiger partial charge in [0.15, 0.2) is 0 Å². The van der Waals surface area contributed by atoms with E-state index < -0.39 is 0 Å². The van der Waals surface area contributed by atoms with Gasteiger partial charge in [0.1, 0.15) is 0 Å². The van der Waals surface area contributed by atoms with Crippen molar-refractivity contribution < 1.29 is 4.74 Å². The lowest BCUT2D eigenvalue weighted by Gasteiger charge is -2.32. The minimum atomic E-state index is 0.638. The highest BCUT2D eigenvalue weighted by atomic mass is 16.5. The largest absolute Gasteiger partial charge is 0.378 e. The van der Waals surface area contributed by atoms with Gasteiger partial charge in [0, 0.05) is 37.4 Å². The van der Waals surface area contributed by atoms with Crippen LogP contribution < -0.4 is 4.90 Å². The van der Waals surface area contributed by atoms with Gasteiger partial charge in [0.25, 0.3) is 0 Å². The topological polar surface area (TPSA) is 15.7 Å². The third-order valence-corrected chi connectivity index (χ3v) is 5.39. The summed E-state index contributed by atoms with van der Waals surface area (Å²) in [5, 5.41) is 0. The van der Waals surface area contributed by atoms with E-state index in [1.807, 2.05) is 0 Å². The second kappa shape index (κ2) is 5.71. The van der Waals surface area contributed by atoms with Crippen LogP contribution in [0.3, 0.4) is 0 Å². The number of nitrogens with zero attached hydrogens (tertiary/aromatic N) is 2. The number of benzene rings is 1. The lowest BCUT2D eigenvalue weighted by atomic mass is 9.98. The number of hydrogen-bond acceptors (Lipinski definition) is 3. The summed E-state index contributed by atoms with van der Waals surface area (Å²) in [6, 6.07) is 10.5. The van der Waals surface area contributed by atoms with Gasteiger partial charge in [-0.15, -0.1) is 0 Å². The SMILES string of the molecule is CC(C)N1CC2C=C(c3ccc(N4CCOCC4)cc3)C1C2. The van der Waals surface area contributed by atoms with E-state index in [1.165, 1.54) is 24.2 Å². The van der Waals surface area contributed by atoms with Crippen LogP contribution in [0.1, 0.15) is 25.8 Å². The van der Waals surface area contributed by atoms with Gasteiger partial charge in [-0.3, -0.25) is 4.90 Å². The van der Waals surface area contributed by atoms with Crippen LogP contribution in [0.2, 0.25) is 0 Å². The normalized spacial score (nSPS) is 28.5. The third-order valence-electron chi connectivity index (χ3n) is 5.39. The van der Waals surface area contributed by atoms with Gasteiger partial charge in [-0.1, -0.05) is 18.2 Å². The second-order valence-electron chi connectivity index (χ2n) is 7.07. The highest BCUT2D eigenvalue weighted by molar-refractivity contribution is 5.74. The zero-order valence-electron chi connectivity index (χ0n) is 13.7. The maximum atomic E-state index is 5.44. The molecule has 0 aromatic heterocycles. The number of fused-ring (bicyclic) bond motifs is 2. The summed E-state index contributed by atoms with van der Waals surface area (Å²) in [5.74, 6) is 0.765. The number of ether oxygens (including phenoxy) is 1. The molecule has 0 amide bonds. The lowest BCUT2D eigenvalue weighted by Crippen LogP contribution is -2.37. The Morgan fingerprint density at radius 2 is 1.82 bits per heavy atom. The summed E-state index contributed by atoms with van der Waals surface area (Å²) in [4.78, 5) is 5.08. The van der Waals surface area contributed by atoms with Gasteiger partial charge in [-0.05, 0) is 49.5 Å². The van der Waals surface area contributed by atoms with Gasteiger partial charge in [0.05, 0.1) is 13.2 Å². The van der Waals surface area contributed by atoms with Crippen LogP contribution in [0.5, 0.6) is 0 Å². The molecule has 0 saturated carbocycles. The Balaban J connectivity index is 1.53. The molecule has 1 aromatic rings. The molecule has 0 N–H and O–H groups in total. The standard InChI is InChI=1S/C19H26N2O/c1-14(2)21-13-15-11-18(19(21)12-15)16-3-5-17(6-4-16)20-7-9-22-10-8-20/h3-6,11,14-15,19H,7-10,12-13H2,1-2H3. The van der Waals surface area contributed by atoms with E-state index in [2.05, 4.69) is 54.0 Å². The molecule has 0 spiro atoms. The van der Waals surface area contributed by atoms with E-state index in [0.29, 0.717) is 12.1 Å². The Labute approximate surface area is 133 Å². The summed E-state index contributed by atoms with van der Waals surface area (Å²) >= 11 is 0. The molecular weight excluding hydrogens is 272 g/mol. The molecule has 2 heterocycles. The van der Waals surface area contributed by atoms with E-state index in [4.69, 9.17) is 4.74 Å². The molecule has 2 unspecified atom stereocenters. The highest BCUT2D eigenvalue weighted by Crippen LogP contribution is 2.42. The highest BCUT2D eigenvalue weighted by Gasteiger charge is 2.40. The van der Waals surface area contributed by atoms with Crippen molar-refractivity contribution in [2.75, 3.05) is 37.7 Å². The van der Waals surface area contributed by atoms with Crippen molar-refractivity contribution in [3.05, 3.63) is 35.9 Å². The predicted octanol–water partition coefficient (Wildman–Crippen LogP) is 3.02. The maximum Gasteiger partial charge on any atom is 0.0642 e. The quantitative estimate of drug-likeness (QED) is 0.853. The molecule has 3 nitrogen and oxygen atoms in total. The van der Waals surface area contributed by atoms with Crippen LogP contribution in [-0.4, -0.2) is 49.8 Å². The minimum Gasteiger partial charge on any atom is -0.378 e. The molecule has 1 aliphatic carbocycles. The van der Waals surface area contributed by atoms with Gasteiger partial charge in [0.2, 0.25) is 0 Å². The summed E-state index contributed by atoms with van der Waals surface area (Å²) < 4.78 is 5.44. The Kier molecular flexibility index (Phi) is 3.71. The van der Waals surface area contributed by atoms with Crippen molar-refractivity contribution in [3.8, 4) is 0 Å². The first-order chi connectivity index (χ1) is 10.7. The van der Waals surface area contributed by atoms with Crippen LogP contribution in [0.15, 0.2) is 30.3 Å². The minimum absolute atomic E-state index is 0.638. The smallest absolute Gasteiger partial charge is 0.0642 e. The Bertz CT molecular complexity index is 557. The summed E-state index contributed by atoms with van der Waals surface area (Å²) in [5.41, 5.74) is 4.30. The lowest BCUT2D eigenvalue weighted by molar-refractivity contribution is 0.122. The predicted molar refractivity (Wildman–Crippen MR) is 91.2 cm³/mol. The first-order valence-corrected chi connectivity index (χ1v) is 8.63. The summed E-state index contributed by atoms with van der Waals surface area (Å²) in [6.07, 6.45) is 3.84. The van der Waals surface area contributed by atoms with Crippen molar-refractivity contribution in [2.24, 2.45) is 5.92 Å². The molecular formula is C19H26N2O. The molecule has 2 bridgehead atoms. The fourth-order valence-corrected chi connectivity index (χ4v) is 4.23. The Morgan fingerprint density at radius 1 is 1.09 bits per heavy atom. The molecule has 3 heteroatoms. The van der Waals surface area contributed by atoms with E-state index in [9.17, 15) is 0 Å². The van der Waals surface area contributed by atoms with Crippen LogP contribution in [-0.2, 0) is 4.74 Å². The number of likely N-dealkylation sites (tertiary alicyclic amines) is 1.